The lowest BCUT2D eigenvalue weighted by Gasteiger charge is -2.19. The highest BCUT2D eigenvalue weighted by Gasteiger charge is 2.13. The molecule has 1 aliphatic rings. The molecule has 1 heterocycles. The molecule has 0 saturated heterocycles. The van der Waals surface area contributed by atoms with Crippen LogP contribution < -0.4 is 14.4 Å². The third-order valence-corrected chi connectivity index (χ3v) is 2.58. The number of hydrogen-bond donors (Lipinski definition) is 0. The van der Waals surface area contributed by atoms with Crippen molar-refractivity contribution in [3.63, 3.8) is 0 Å². The van der Waals surface area contributed by atoms with Gasteiger partial charge in [0.25, 0.3) is 0 Å². The molecule has 16 heavy (non-hydrogen) atoms. The summed E-state index contributed by atoms with van der Waals surface area (Å²) in [6.45, 7) is 0.857. The van der Waals surface area contributed by atoms with Gasteiger partial charge in [-0.1, -0.05) is 0 Å². The van der Waals surface area contributed by atoms with Gasteiger partial charge in [0.05, 0.1) is 20.9 Å². The van der Waals surface area contributed by atoms with Crippen molar-refractivity contribution in [3.05, 3.63) is 30.6 Å². The quantitative estimate of drug-likeness (QED) is 0.776. The van der Waals surface area contributed by atoms with E-state index in [0.717, 1.165) is 23.9 Å². The normalized spacial score (nSPS) is 14.4. The number of nitrogens with zero attached hydrogens (tertiary/aromatic N) is 2. The molecule has 0 saturated carbocycles. The molecule has 4 nitrogen and oxygen atoms in total. The molecule has 0 aromatic heterocycles. The van der Waals surface area contributed by atoms with Crippen LogP contribution >= 0.6 is 0 Å². The number of rotatable bonds is 3. The molecule has 1 aliphatic heterocycles. The van der Waals surface area contributed by atoms with Crippen molar-refractivity contribution in [3.8, 4) is 11.5 Å². The SMILES string of the molecule is COc1ccc(N2C=CN(C)C2)cc1OC. The monoisotopic (exact) mass is 220 g/mol. The Morgan fingerprint density at radius 1 is 1.06 bits per heavy atom. The third kappa shape index (κ3) is 1.91. The van der Waals surface area contributed by atoms with Crippen molar-refractivity contribution in [1.82, 2.24) is 4.90 Å². The van der Waals surface area contributed by atoms with Gasteiger partial charge in [0.1, 0.15) is 0 Å². The minimum Gasteiger partial charge on any atom is -0.493 e. The van der Waals surface area contributed by atoms with Gasteiger partial charge in [-0.2, -0.15) is 0 Å². The zero-order valence-electron chi connectivity index (χ0n) is 9.80. The van der Waals surface area contributed by atoms with Gasteiger partial charge in [-0.25, -0.2) is 0 Å². The van der Waals surface area contributed by atoms with Gasteiger partial charge in [0.2, 0.25) is 0 Å². The third-order valence-electron chi connectivity index (χ3n) is 2.58. The molecule has 0 spiro atoms. The Balaban J connectivity index is 2.26. The van der Waals surface area contributed by atoms with Crippen LogP contribution in [0.4, 0.5) is 5.69 Å². The molecule has 0 aliphatic carbocycles. The van der Waals surface area contributed by atoms with Crippen LogP contribution in [0.25, 0.3) is 0 Å². The van der Waals surface area contributed by atoms with Crippen molar-refractivity contribution in [2.45, 2.75) is 0 Å². The summed E-state index contributed by atoms with van der Waals surface area (Å²) in [5.74, 6) is 1.51. The molecule has 0 unspecified atom stereocenters. The molecule has 0 N–H and O–H groups in total. The summed E-state index contributed by atoms with van der Waals surface area (Å²) in [7, 11) is 5.33. The van der Waals surface area contributed by atoms with Crippen LogP contribution in [0.2, 0.25) is 0 Å². The van der Waals surface area contributed by atoms with Crippen LogP contribution in [-0.4, -0.2) is 32.8 Å². The first-order valence-electron chi connectivity index (χ1n) is 5.12. The van der Waals surface area contributed by atoms with E-state index in [4.69, 9.17) is 9.47 Å². The number of anilines is 1. The summed E-state index contributed by atoms with van der Waals surface area (Å²) in [6.07, 6.45) is 4.08. The highest BCUT2D eigenvalue weighted by Crippen LogP contribution is 2.32. The Morgan fingerprint density at radius 3 is 2.38 bits per heavy atom. The van der Waals surface area contributed by atoms with Crippen molar-refractivity contribution in [2.24, 2.45) is 0 Å². The van der Waals surface area contributed by atoms with E-state index in [1.807, 2.05) is 37.6 Å². The molecular formula is C12H16N2O2. The van der Waals surface area contributed by atoms with E-state index < -0.39 is 0 Å². The van der Waals surface area contributed by atoms with Gasteiger partial charge in [-0.3, -0.25) is 0 Å². The van der Waals surface area contributed by atoms with E-state index >= 15 is 0 Å². The molecular weight excluding hydrogens is 204 g/mol. The summed E-state index contributed by atoms with van der Waals surface area (Å²) >= 11 is 0. The summed E-state index contributed by atoms with van der Waals surface area (Å²) in [6, 6.07) is 5.91. The Bertz CT molecular complexity index is 404. The Labute approximate surface area is 95.7 Å². The van der Waals surface area contributed by atoms with Crippen LogP contribution in [-0.2, 0) is 0 Å². The molecule has 2 rings (SSSR count). The Morgan fingerprint density at radius 2 is 1.81 bits per heavy atom. The Hall–Kier alpha value is -1.84. The lowest BCUT2D eigenvalue weighted by Crippen LogP contribution is -2.21. The van der Waals surface area contributed by atoms with E-state index in [1.54, 1.807) is 14.2 Å². The predicted octanol–water partition coefficient (Wildman–Crippen LogP) is 1.88. The molecule has 1 aromatic rings. The number of benzene rings is 1. The maximum Gasteiger partial charge on any atom is 0.162 e. The number of methoxy groups -OCH3 is 2. The van der Waals surface area contributed by atoms with Gasteiger partial charge < -0.3 is 19.3 Å². The van der Waals surface area contributed by atoms with E-state index in [1.165, 1.54) is 0 Å². The fourth-order valence-electron chi connectivity index (χ4n) is 1.70. The van der Waals surface area contributed by atoms with Crippen LogP contribution in [0.3, 0.4) is 0 Å². The molecule has 0 fully saturated rings. The maximum atomic E-state index is 5.27. The summed E-state index contributed by atoms with van der Waals surface area (Å²) in [4.78, 5) is 4.25. The Kier molecular flexibility index (Phi) is 2.90. The zero-order valence-corrected chi connectivity index (χ0v) is 9.80. The van der Waals surface area contributed by atoms with Crippen LogP contribution in [0.5, 0.6) is 11.5 Å². The maximum absolute atomic E-state index is 5.27. The largest absolute Gasteiger partial charge is 0.493 e. The molecule has 0 atom stereocenters. The standard InChI is InChI=1S/C12H16N2O2/c1-13-6-7-14(9-13)10-4-5-11(15-2)12(8-10)16-3/h4-8H,9H2,1-3H3. The van der Waals surface area contributed by atoms with E-state index in [9.17, 15) is 0 Å². The fraction of sp³-hybridized carbons (Fsp3) is 0.333. The van der Waals surface area contributed by atoms with Crippen molar-refractivity contribution in [1.29, 1.82) is 0 Å². The first kappa shape index (κ1) is 10.7. The highest BCUT2D eigenvalue weighted by molar-refractivity contribution is 5.58. The molecule has 0 radical (unpaired) electrons. The second-order valence-corrected chi connectivity index (χ2v) is 3.71. The van der Waals surface area contributed by atoms with Crippen molar-refractivity contribution in [2.75, 3.05) is 32.8 Å². The minimum absolute atomic E-state index is 0.753. The average Bonchev–Trinajstić information content (AvgIpc) is 2.75. The molecule has 0 bridgehead atoms. The smallest absolute Gasteiger partial charge is 0.162 e. The van der Waals surface area contributed by atoms with E-state index in [-0.39, 0.29) is 0 Å². The van der Waals surface area contributed by atoms with Crippen LogP contribution in [0, 0.1) is 0 Å². The zero-order chi connectivity index (χ0) is 11.5. The fourth-order valence-corrected chi connectivity index (χ4v) is 1.70. The number of ether oxygens (including phenoxy) is 2. The lowest BCUT2D eigenvalue weighted by molar-refractivity contribution is 0.355. The van der Waals surface area contributed by atoms with Gasteiger partial charge in [-0.05, 0) is 12.1 Å². The van der Waals surface area contributed by atoms with Gasteiger partial charge in [0.15, 0.2) is 11.5 Å². The first-order valence-corrected chi connectivity index (χ1v) is 5.12. The molecule has 86 valence electrons. The molecule has 0 amide bonds. The second-order valence-electron chi connectivity index (χ2n) is 3.71. The average molecular weight is 220 g/mol. The van der Waals surface area contributed by atoms with E-state index in [0.29, 0.717) is 0 Å². The topological polar surface area (TPSA) is 24.9 Å². The lowest BCUT2D eigenvalue weighted by atomic mass is 10.2. The van der Waals surface area contributed by atoms with Gasteiger partial charge in [-0.15, -0.1) is 0 Å². The van der Waals surface area contributed by atoms with Crippen molar-refractivity contribution >= 4 is 5.69 Å². The summed E-state index contributed by atoms with van der Waals surface area (Å²) < 4.78 is 10.5. The summed E-state index contributed by atoms with van der Waals surface area (Å²) in [5.41, 5.74) is 1.10. The second kappa shape index (κ2) is 4.35. The van der Waals surface area contributed by atoms with Gasteiger partial charge >= 0.3 is 0 Å². The minimum atomic E-state index is 0.753. The van der Waals surface area contributed by atoms with Crippen molar-refractivity contribution < 1.29 is 9.47 Å². The van der Waals surface area contributed by atoms with E-state index in [2.05, 4.69) is 9.80 Å². The van der Waals surface area contributed by atoms with Crippen LogP contribution in [0.15, 0.2) is 30.6 Å². The highest BCUT2D eigenvalue weighted by atomic mass is 16.5. The predicted molar refractivity (Wildman–Crippen MR) is 63.8 cm³/mol. The molecule has 1 aromatic carbocycles. The van der Waals surface area contributed by atoms with Gasteiger partial charge in [0, 0.05) is 31.2 Å². The summed E-state index contributed by atoms with van der Waals surface area (Å²) in [5, 5.41) is 0. The van der Waals surface area contributed by atoms with Crippen LogP contribution in [0.1, 0.15) is 0 Å². The number of hydrogen-bond acceptors (Lipinski definition) is 4. The molecule has 4 heteroatoms. The first-order chi connectivity index (χ1) is 7.74.